The summed E-state index contributed by atoms with van der Waals surface area (Å²) >= 11 is 6.10. The molecule has 0 aliphatic carbocycles. The lowest BCUT2D eigenvalue weighted by Crippen LogP contribution is -2.49. The first-order valence-corrected chi connectivity index (χ1v) is 11.1. The van der Waals surface area contributed by atoms with Gasteiger partial charge in [0.1, 0.15) is 11.9 Å². The van der Waals surface area contributed by atoms with Crippen LogP contribution >= 0.6 is 11.6 Å². The summed E-state index contributed by atoms with van der Waals surface area (Å²) in [5.74, 6) is -2.52. The minimum absolute atomic E-state index is 0.273. The van der Waals surface area contributed by atoms with Crippen LogP contribution in [-0.4, -0.2) is 23.8 Å². The Kier molecular flexibility index (Phi) is 5.22. The van der Waals surface area contributed by atoms with Crippen molar-refractivity contribution in [2.24, 2.45) is 11.1 Å². The molecule has 2 N–H and O–H groups in total. The first-order chi connectivity index (χ1) is 16.4. The molecular formula is C27H19ClFN3O2. The molecule has 3 aromatic rings. The van der Waals surface area contributed by atoms with E-state index < -0.39 is 35.1 Å². The second kappa shape index (κ2) is 8.12. The number of hydrogen-bond donors (Lipinski definition) is 1. The molecule has 0 saturated carbocycles. The lowest BCUT2D eigenvalue weighted by Gasteiger charge is -2.36. The van der Waals surface area contributed by atoms with E-state index in [0.717, 1.165) is 5.56 Å². The Morgan fingerprint density at radius 3 is 2.35 bits per heavy atom. The molecule has 5 rings (SSSR count). The molecule has 0 unspecified atom stereocenters. The van der Waals surface area contributed by atoms with E-state index in [2.05, 4.69) is 6.07 Å². The largest absolute Gasteiger partial charge is 0.368 e. The number of para-hydroxylation sites is 1. The molecule has 2 aliphatic rings. The highest BCUT2D eigenvalue weighted by molar-refractivity contribution is 6.30. The van der Waals surface area contributed by atoms with Gasteiger partial charge in [-0.3, -0.25) is 9.59 Å². The number of carbonyl (C=O) groups is 2. The number of amides is 1. The van der Waals surface area contributed by atoms with Gasteiger partial charge in [-0.15, -0.1) is 0 Å². The highest BCUT2D eigenvalue weighted by Crippen LogP contribution is 2.55. The Morgan fingerprint density at radius 1 is 1.03 bits per heavy atom. The number of benzene rings is 3. The number of nitrogens with zero attached hydrogens (tertiary/aromatic N) is 2. The van der Waals surface area contributed by atoms with Gasteiger partial charge in [-0.1, -0.05) is 54.1 Å². The molecule has 1 fully saturated rings. The van der Waals surface area contributed by atoms with E-state index in [0.29, 0.717) is 16.3 Å². The molecule has 2 aliphatic heterocycles. The van der Waals surface area contributed by atoms with Gasteiger partial charge in [0, 0.05) is 22.2 Å². The predicted molar refractivity (Wildman–Crippen MR) is 128 cm³/mol. The number of Topliss-reactive ketones (excluding diaryl/α,β-unsaturated/α-hetero) is 1. The van der Waals surface area contributed by atoms with Crippen molar-refractivity contribution in [1.29, 1.82) is 5.26 Å². The average molecular weight is 472 g/mol. The first-order valence-electron chi connectivity index (χ1n) is 10.7. The minimum atomic E-state index is -1.74. The fourth-order valence-electron chi connectivity index (χ4n) is 5.26. The normalized spacial score (nSPS) is 24.7. The monoisotopic (exact) mass is 471 g/mol. The maximum absolute atomic E-state index is 14.0. The van der Waals surface area contributed by atoms with Crippen molar-refractivity contribution in [2.45, 2.75) is 18.0 Å². The van der Waals surface area contributed by atoms with Crippen LogP contribution in [0.3, 0.4) is 0 Å². The highest BCUT2D eigenvalue weighted by atomic mass is 35.5. The van der Waals surface area contributed by atoms with Gasteiger partial charge in [0.15, 0.2) is 11.2 Å². The molecule has 3 aromatic carbocycles. The van der Waals surface area contributed by atoms with E-state index in [1.54, 1.807) is 30.3 Å². The van der Waals surface area contributed by atoms with Gasteiger partial charge in [-0.05, 0) is 53.6 Å². The fraction of sp³-hybridized carbons (Fsp3) is 0.148. The fourth-order valence-corrected chi connectivity index (χ4v) is 5.38. The van der Waals surface area contributed by atoms with Gasteiger partial charge in [0.25, 0.3) is 0 Å². The number of rotatable bonds is 4. The van der Waals surface area contributed by atoms with E-state index in [4.69, 9.17) is 17.3 Å². The van der Waals surface area contributed by atoms with Crippen LogP contribution in [0.25, 0.3) is 6.08 Å². The topological polar surface area (TPSA) is 87.2 Å². The van der Waals surface area contributed by atoms with E-state index in [1.807, 2.05) is 35.2 Å². The van der Waals surface area contributed by atoms with Gasteiger partial charge in [-0.2, -0.15) is 5.26 Å². The Balaban J connectivity index is 1.80. The Bertz CT molecular complexity index is 1360. The summed E-state index contributed by atoms with van der Waals surface area (Å²) in [6.45, 7) is 0. The lowest BCUT2D eigenvalue weighted by molar-refractivity contribution is -0.125. The Labute approximate surface area is 200 Å². The van der Waals surface area contributed by atoms with Gasteiger partial charge < -0.3 is 10.6 Å². The first kappa shape index (κ1) is 21.9. The summed E-state index contributed by atoms with van der Waals surface area (Å²) in [4.78, 5) is 28.9. The van der Waals surface area contributed by atoms with Crippen molar-refractivity contribution >= 4 is 35.1 Å². The highest BCUT2D eigenvalue weighted by Gasteiger charge is 2.65. The number of ketones is 1. The second-order valence-corrected chi connectivity index (χ2v) is 8.90. The summed E-state index contributed by atoms with van der Waals surface area (Å²) in [5, 5.41) is 10.9. The van der Waals surface area contributed by atoms with Crippen LogP contribution in [-0.2, 0) is 4.79 Å². The molecule has 5 nitrogen and oxygen atoms in total. The van der Waals surface area contributed by atoms with Crippen LogP contribution < -0.4 is 10.6 Å². The second-order valence-electron chi connectivity index (χ2n) is 8.46. The molecule has 0 bridgehead atoms. The molecule has 0 spiro atoms. The zero-order valence-corrected chi connectivity index (χ0v) is 18.6. The Morgan fingerprint density at radius 2 is 1.71 bits per heavy atom. The van der Waals surface area contributed by atoms with Gasteiger partial charge in [0.2, 0.25) is 5.91 Å². The van der Waals surface area contributed by atoms with Crippen LogP contribution in [0.1, 0.15) is 27.4 Å². The predicted octanol–water partition coefficient (Wildman–Crippen LogP) is 4.73. The van der Waals surface area contributed by atoms with Crippen molar-refractivity contribution in [3.05, 3.63) is 106 Å². The number of nitrogens with two attached hydrogens (primary N) is 1. The van der Waals surface area contributed by atoms with Gasteiger partial charge in [-0.25, -0.2) is 4.39 Å². The molecule has 2 heterocycles. The number of carbonyl (C=O) groups excluding carboxylic acids is 2. The molecule has 1 amide bonds. The van der Waals surface area contributed by atoms with Crippen molar-refractivity contribution in [2.75, 3.05) is 4.90 Å². The third-order valence-corrected chi connectivity index (χ3v) is 7.02. The molecule has 0 aromatic heterocycles. The number of hydrogen-bond acceptors (Lipinski definition) is 4. The van der Waals surface area contributed by atoms with E-state index >= 15 is 0 Å². The minimum Gasteiger partial charge on any atom is -0.368 e. The number of halogens is 2. The van der Waals surface area contributed by atoms with Crippen LogP contribution in [0.2, 0.25) is 5.02 Å². The third kappa shape index (κ3) is 3.12. The smallest absolute Gasteiger partial charge is 0.241 e. The van der Waals surface area contributed by atoms with Crippen LogP contribution in [0, 0.1) is 22.6 Å². The standard InChI is InChI=1S/C27H19ClFN3O2/c28-19-10-5-17(6-11-19)23-24(25(33)18-7-12-20(29)13-8-18)32-21-4-2-1-3-16(21)9-14-22(32)27(23,15-30)26(31)34/h1-14,22-24H,(H2,31,34)/t22-,23+,24-,27+/m0/s1. The van der Waals surface area contributed by atoms with Gasteiger partial charge >= 0.3 is 0 Å². The Hall–Kier alpha value is -3.95. The SMILES string of the molecule is N#C[C@]1(C(N)=O)[C@H](c2ccc(Cl)cc2)[C@@H](C(=O)c2ccc(F)cc2)N2c3ccccc3C=C[C@H]21. The summed E-state index contributed by atoms with van der Waals surface area (Å²) in [6.07, 6.45) is 3.60. The number of fused-ring (bicyclic) bond motifs is 3. The van der Waals surface area contributed by atoms with Crippen molar-refractivity contribution in [3.8, 4) is 6.07 Å². The van der Waals surface area contributed by atoms with Crippen LogP contribution in [0.5, 0.6) is 0 Å². The average Bonchev–Trinajstić information content (AvgIpc) is 3.16. The molecule has 0 radical (unpaired) electrons. The molecular weight excluding hydrogens is 453 g/mol. The number of nitriles is 1. The summed E-state index contributed by atoms with van der Waals surface area (Å²) in [7, 11) is 0. The van der Waals surface area contributed by atoms with Gasteiger partial charge in [0.05, 0.1) is 12.1 Å². The third-order valence-electron chi connectivity index (χ3n) is 6.76. The zero-order valence-electron chi connectivity index (χ0n) is 17.9. The van der Waals surface area contributed by atoms with Crippen molar-refractivity contribution in [3.63, 3.8) is 0 Å². The number of anilines is 1. The summed E-state index contributed by atoms with van der Waals surface area (Å²) in [5.41, 5.74) is 6.63. The maximum atomic E-state index is 14.0. The lowest BCUT2D eigenvalue weighted by atomic mass is 9.67. The van der Waals surface area contributed by atoms with E-state index in [9.17, 15) is 19.2 Å². The summed E-state index contributed by atoms with van der Waals surface area (Å²) < 4.78 is 13.6. The van der Waals surface area contributed by atoms with E-state index in [-0.39, 0.29) is 11.3 Å². The van der Waals surface area contributed by atoms with E-state index in [1.165, 1.54) is 24.3 Å². The quantitative estimate of drug-likeness (QED) is 0.557. The van der Waals surface area contributed by atoms with Crippen LogP contribution in [0.15, 0.2) is 78.9 Å². The molecule has 168 valence electrons. The zero-order chi connectivity index (χ0) is 24.0. The van der Waals surface area contributed by atoms with Crippen molar-refractivity contribution in [1.82, 2.24) is 0 Å². The molecule has 1 saturated heterocycles. The van der Waals surface area contributed by atoms with Crippen molar-refractivity contribution < 1.29 is 14.0 Å². The molecule has 7 heteroatoms. The summed E-state index contributed by atoms with van der Waals surface area (Å²) in [6, 6.07) is 19.9. The molecule has 4 atom stereocenters. The van der Waals surface area contributed by atoms with Crippen LogP contribution in [0.4, 0.5) is 10.1 Å². The maximum Gasteiger partial charge on any atom is 0.241 e. The molecule has 34 heavy (non-hydrogen) atoms. The number of primary amides is 1.